The fourth-order valence-corrected chi connectivity index (χ4v) is 8.32. The molecule has 3 aliphatic rings. The van der Waals surface area contributed by atoms with Gasteiger partial charge in [0, 0.05) is 13.5 Å². The molecule has 30 heavy (non-hydrogen) atoms. The van der Waals surface area contributed by atoms with Crippen LogP contribution in [0.25, 0.3) is 0 Å². The van der Waals surface area contributed by atoms with Gasteiger partial charge in [0.15, 0.2) is 0 Å². The standard InChI is InChI=1S/C27H49NO2/c1-18(2)8-7-9-19(3)21-11-12-22-20-10-13-24(29)27(5,17-15-25(30)28-6)23(20)14-16-26(21,22)4/h18-24,29H,7-17H2,1-6H3,(H,28,30)/t19-,20+,21-,22+,23+,24-,26-,27-/m1/s1. The van der Waals surface area contributed by atoms with Gasteiger partial charge in [-0.3, -0.25) is 4.79 Å². The molecule has 0 aromatic heterocycles. The fourth-order valence-electron chi connectivity index (χ4n) is 8.32. The van der Waals surface area contributed by atoms with Gasteiger partial charge < -0.3 is 10.4 Å². The molecule has 3 saturated carbocycles. The Morgan fingerprint density at radius 2 is 1.77 bits per heavy atom. The van der Waals surface area contributed by atoms with Gasteiger partial charge >= 0.3 is 0 Å². The highest BCUT2D eigenvalue weighted by Crippen LogP contribution is 2.66. The van der Waals surface area contributed by atoms with E-state index in [1.165, 1.54) is 51.4 Å². The molecular formula is C27H49NO2. The van der Waals surface area contributed by atoms with Crippen LogP contribution >= 0.6 is 0 Å². The molecule has 0 radical (unpaired) electrons. The highest BCUT2D eigenvalue weighted by atomic mass is 16.3. The van der Waals surface area contributed by atoms with Crippen LogP contribution in [0.15, 0.2) is 0 Å². The highest BCUT2D eigenvalue weighted by Gasteiger charge is 2.59. The number of aliphatic hydroxyl groups excluding tert-OH is 1. The number of fused-ring (bicyclic) bond motifs is 3. The van der Waals surface area contributed by atoms with Gasteiger partial charge in [-0.15, -0.1) is 0 Å². The molecule has 0 spiro atoms. The van der Waals surface area contributed by atoms with Crippen LogP contribution in [0, 0.1) is 46.3 Å². The van der Waals surface area contributed by atoms with E-state index in [-0.39, 0.29) is 17.4 Å². The minimum Gasteiger partial charge on any atom is -0.393 e. The number of carbonyl (C=O) groups excluding carboxylic acids is 1. The lowest BCUT2D eigenvalue weighted by Crippen LogP contribution is -2.54. The summed E-state index contributed by atoms with van der Waals surface area (Å²) in [5, 5.41) is 13.8. The molecule has 2 N–H and O–H groups in total. The van der Waals surface area contributed by atoms with Crippen LogP contribution in [-0.2, 0) is 4.79 Å². The molecule has 3 rings (SSSR count). The first-order valence-corrected chi connectivity index (χ1v) is 13.0. The van der Waals surface area contributed by atoms with E-state index < -0.39 is 0 Å². The maximum atomic E-state index is 12.0. The molecule has 0 unspecified atom stereocenters. The zero-order valence-electron chi connectivity index (χ0n) is 20.7. The maximum Gasteiger partial charge on any atom is 0.219 e. The summed E-state index contributed by atoms with van der Waals surface area (Å²) in [7, 11) is 1.72. The number of aliphatic hydroxyl groups is 1. The fraction of sp³-hybridized carbons (Fsp3) is 0.963. The van der Waals surface area contributed by atoms with Crippen LogP contribution in [0.3, 0.4) is 0 Å². The summed E-state index contributed by atoms with van der Waals surface area (Å²) in [6.45, 7) is 12.1. The van der Waals surface area contributed by atoms with Crippen molar-refractivity contribution in [2.45, 2.75) is 111 Å². The van der Waals surface area contributed by atoms with Crippen LogP contribution in [0.1, 0.15) is 105 Å². The van der Waals surface area contributed by atoms with Crippen LogP contribution in [0.2, 0.25) is 0 Å². The molecule has 0 saturated heterocycles. The lowest BCUT2D eigenvalue weighted by atomic mass is 9.47. The Hall–Kier alpha value is -0.570. The van der Waals surface area contributed by atoms with Crippen molar-refractivity contribution < 1.29 is 9.90 Å². The van der Waals surface area contributed by atoms with E-state index in [1.54, 1.807) is 7.05 Å². The minimum absolute atomic E-state index is 0.0995. The summed E-state index contributed by atoms with van der Waals surface area (Å²) in [6.07, 6.45) is 12.7. The molecule has 0 aromatic carbocycles. The van der Waals surface area contributed by atoms with E-state index in [1.807, 2.05) is 0 Å². The second-order valence-corrected chi connectivity index (χ2v) is 12.2. The first-order chi connectivity index (χ1) is 14.1. The largest absolute Gasteiger partial charge is 0.393 e. The third-order valence-corrected chi connectivity index (χ3v) is 10.2. The van der Waals surface area contributed by atoms with Gasteiger partial charge in [-0.25, -0.2) is 0 Å². The van der Waals surface area contributed by atoms with Gasteiger partial charge in [0.2, 0.25) is 5.91 Å². The van der Waals surface area contributed by atoms with Crippen LogP contribution in [-0.4, -0.2) is 24.2 Å². The van der Waals surface area contributed by atoms with Gasteiger partial charge in [0.25, 0.3) is 0 Å². The Morgan fingerprint density at radius 3 is 2.43 bits per heavy atom. The zero-order valence-corrected chi connectivity index (χ0v) is 20.7. The molecule has 174 valence electrons. The number of rotatable bonds is 8. The molecule has 3 nitrogen and oxygen atoms in total. The van der Waals surface area contributed by atoms with E-state index in [0.717, 1.165) is 42.4 Å². The van der Waals surface area contributed by atoms with Crippen molar-refractivity contribution in [1.82, 2.24) is 5.32 Å². The quantitative estimate of drug-likeness (QED) is 0.492. The molecule has 3 heteroatoms. The van der Waals surface area contributed by atoms with Gasteiger partial charge in [-0.2, -0.15) is 0 Å². The molecule has 0 aromatic rings. The topological polar surface area (TPSA) is 49.3 Å². The molecule has 0 heterocycles. The summed E-state index contributed by atoms with van der Waals surface area (Å²) in [5.41, 5.74) is 0.389. The average Bonchev–Trinajstić information content (AvgIpc) is 3.06. The van der Waals surface area contributed by atoms with E-state index >= 15 is 0 Å². The number of amides is 1. The molecular weight excluding hydrogens is 370 g/mol. The summed E-state index contributed by atoms with van der Waals surface area (Å²) in [5.74, 6) is 4.79. The summed E-state index contributed by atoms with van der Waals surface area (Å²) in [6, 6.07) is 0. The van der Waals surface area contributed by atoms with Crippen molar-refractivity contribution in [3.63, 3.8) is 0 Å². The van der Waals surface area contributed by atoms with Gasteiger partial charge in [0.1, 0.15) is 0 Å². The van der Waals surface area contributed by atoms with Gasteiger partial charge in [0.05, 0.1) is 6.10 Å². The van der Waals surface area contributed by atoms with Gasteiger partial charge in [-0.1, -0.05) is 53.9 Å². The predicted molar refractivity (Wildman–Crippen MR) is 125 cm³/mol. The lowest BCUT2D eigenvalue weighted by Gasteiger charge is -2.58. The molecule has 1 amide bonds. The number of hydrogen-bond acceptors (Lipinski definition) is 2. The smallest absolute Gasteiger partial charge is 0.219 e. The first-order valence-electron chi connectivity index (χ1n) is 13.0. The van der Waals surface area contributed by atoms with Crippen molar-refractivity contribution in [1.29, 1.82) is 0 Å². The molecule has 0 bridgehead atoms. The normalized spacial score (nSPS) is 41.9. The van der Waals surface area contributed by atoms with Crippen molar-refractivity contribution in [3.05, 3.63) is 0 Å². The Morgan fingerprint density at radius 1 is 1.03 bits per heavy atom. The SMILES string of the molecule is CNC(=O)CC[C@@]1(C)[C@H](O)CC[C@@H]2[C@@H]1CC[C@]1(C)[C@@H]([C@H](C)CCCC(C)C)CC[C@@H]21. The van der Waals surface area contributed by atoms with Crippen molar-refractivity contribution in [2.75, 3.05) is 7.05 Å². The molecule has 3 fully saturated rings. The Kier molecular flexibility index (Phi) is 7.63. The first kappa shape index (κ1) is 24.1. The van der Waals surface area contributed by atoms with Gasteiger partial charge in [-0.05, 0) is 91.3 Å². The summed E-state index contributed by atoms with van der Waals surface area (Å²) < 4.78 is 0. The lowest BCUT2D eigenvalue weighted by molar-refractivity contribution is -0.138. The molecule has 0 aliphatic heterocycles. The summed E-state index contributed by atoms with van der Waals surface area (Å²) >= 11 is 0. The highest BCUT2D eigenvalue weighted by molar-refractivity contribution is 5.75. The second kappa shape index (κ2) is 9.51. The second-order valence-electron chi connectivity index (χ2n) is 12.2. The Bertz CT molecular complexity index is 589. The number of nitrogens with one attached hydrogen (secondary N) is 1. The van der Waals surface area contributed by atoms with E-state index in [4.69, 9.17) is 0 Å². The van der Waals surface area contributed by atoms with Crippen molar-refractivity contribution in [3.8, 4) is 0 Å². The third-order valence-electron chi connectivity index (χ3n) is 10.2. The Labute approximate surface area is 186 Å². The minimum atomic E-state index is -0.250. The monoisotopic (exact) mass is 419 g/mol. The van der Waals surface area contributed by atoms with Crippen molar-refractivity contribution >= 4 is 5.91 Å². The van der Waals surface area contributed by atoms with Crippen LogP contribution in [0.4, 0.5) is 0 Å². The summed E-state index contributed by atoms with van der Waals surface area (Å²) in [4.78, 5) is 12.0. The van der Waals surface area contributed by atoms with Crippen molar-refractivity contribution in [2.24, 2.45) is 46.3 Å². The maximum absolute atomic E-state index is 12.0. The molecule has 3 aliphatic carbocycles. The average molecular weight is 420 g/mol. The molecule has 8 atom stereocenters. The zero-order chi connectivity index (χ0) is 22.1. The van der Waals surface area contributed by atoms with E-state index in [0.29, 0.717) is 17.8 Å². The van der Waals surface area contributed by atoms with E-state index in [2.05, 4.69) is 39.9 Å². The third kappa shape index (κ3) is 4.48. The van der Waals surface area contributed by atoms with Crippen LogP contribution in [0.5, 0.6) is 0 Å². The Balaban J connectivity index is 1.71. The number of carbonyl (C=O) groups is 1. The predicted octanol–water partition coefficient (Wildman–Crippen LogP) is 6.19. The van der Waals surface area contributed by atoms with E-state index in [9.17, 15) is 9.90 Å². The number of hydrogen-bond donors (Lipinski definition) is 2. The van der Waals surface area contributed by atoms with Crippen LogP contribution < -0.4 is 5.32 Å².